The summed E-state index contributed by atoms with van der Waals surface area (Å²) in [6, 6.07) is 4.46. The van der Waals surface area contributed by atoms with Crippen LogP contribution in [0.15, 0.2) is 22.6 Å². The molecule has 5 heteroatoms. The van der Waals surface area contributed by atoms with E-state index in [1.54, 1.807) is 6.07 Å². The molecule has 1 aromatic rings. The van der Waals surface area contributed by atoms with Gasteiger partial charge in [0, 0.05) is 5.56 Å². The standard InChI is InChI=1S/C12H16FNO2S/c1-12(2,3)17(15)14-8-9-5-6-11(16-4)10(13)7-9/h5-8H,1-4H3/t17-/m0/s1. The molecule has 0 amide bonds. The van der Waals surface area contributed by atoms with E-state index in [-0.39, 0.29) is 5.75 Å². The maximum atomic E-state index is 13.3. The molecule has 0 radical (unpaired) electrons. The molecule has 1 rings (SSSR count). The predicted octanol–water partition coefficient (Wildman–Crippen LogP) is 2.72. The molecule has 0 spiro atoms. The first kappa shape index (κ1) is 14.0. The normalized spacial score (nSPS) is 14.0. The summed E-state index contributed by atoms with van der Waals surface area (Å²) in [5.41, 5.74) is 0.556. The molecule has 0 aliphatic carbocycles. The third-order valence-corrected chi connectivity index (χ3v) is 3.34. The molecule has 0 fully saturated rings. The predicted molar refractivity (Wildman–Crippen MR) is 68.4 cm³/mol. The second kappa shape index (κ2) is 5.51. The molecule has 0 bridgehead atoms. The van der Waals surface area contributed by atoms with E-state index in [0.29, 0.717) is 5.56 Å². The molecule has 17 heavy (non-hydrogen) atoms. The van der Waals surface area contributed by atoms with Crippen LogP contribution in [-0.4, -0.2) is 22.6 Å². The van der Waals surface area contributed by atoms with E-state index in [1.807, 2.05) is 20.8 Å². The summed E-state index contributed by atoms with van der Waals surface area (Å²) in [7, 11) is 1.40. The molecule has 0 N–H and O–H groups in total. The van der Waals surface area contributed by atoms with Crippen LogP contribution < -0.4 is 4.74 Å². The van der Waals surface area contributed by atoms with Crippen molar-refractivity contribution in [3.8, 4) is 5.75 Å². The van der Waals surface area contributed by atoms with Gasteiger partial charge in [-0.05, 0) is 39.0 Å². The largest absolute Gasteiger partial charge is 0.591 e. The van der Waals surface area contributed by atoms with Gasteiger partial charge in [-0.2, -0.15) is 0 Å². The van der Waals surface area contributed by atoms with Crippen molar-refractivity contribution in [1.29, 1.82) is 0 Å². The van der Waals surface area contributed by atoms with E-state index in [1.165, 1.54) is 25.5 Å². The molecule has 0 saturated carbocycles. The van der Waals surface area contributed by atoms with Crippen LogP contribution in [0.4, 0.5) is 4.39 Å². The number of hydrogen-bond donors (Lipinski definition) is 0. The van der Waals surface area contributed by atoms with Gasteiger partial charge in [-0.25, -0.2) is 4.39 Å². The van der Waals surface area contributed by atoms with Crippen molar-refractivity contribution >= 4 is 17.6 Å². The number of rotatable bonds is 3. The minimum absolute atomic E-state index is 0.180. The van der Waals surface area contributed by atoms with E-state index in [2.05, 4.69) is 4.40 Å². The van der Waals surface area contributed by atoms with Crippen molar-refractivity contribution in [1.82, 2.24) is 0 Å². The first-order valence-corrected chi connectivity index (χ1v) is 6.25. The zero-order valence-corrected chi connectivity index (χ0v) is 11.2. The summed E-state index contributed by atoms with van der Waals surface area (Å²) in [5, 5.41) is 0. The summed E-state index contributed by atoms with van der Waals surface area (Å²) in [4.78, 5) is 0. The van der Waals surface area contributed by atoms with Crippen LogP contribution in [0.3, 0.4) is 0 Å². The third-order valence-electron chi connectivity index (χ3n) is 2.00. The number of halogens is 1. The number of methoxy groups -OCH3 is 1. The molecule has 1 aromatic carbocycles. The maximum absolute atomic E-state index is 13.3. The Morgan fingerprint density at radius 3 is 2.53 bits per heavy atom. The molecular weight excluding hydrogens is 241 g/mol. The van der Waals surface area contributed by atoms with Crippen molar-refractivity contribution in [2.24, 2.45) is 4.40 Å². The fourth-order valence-electron chi connectivity index (χ4n) is 1.03. The Morgan fingerprint density at radius 1 is 1.41 bits per heavy atom. The smallest absolute Gasteiger partial charge is 0.165 e. The van der Waals surface area contributed by atoms with Gasteiger partial charge in [0.15, 0.2) is 11.6 Å². The number of ether oxygens (including phenoxy) is 1. The van der Waals surface area contributed by atoms with Gasteiger partial charge >= 0.3 is 0 Å². The van der Waals surface area contributed by atoms with Crippen LogP contribution in [0.25, 0.3) is 0 Å². The molecule has 0 unspecified atom stereocenters. The van der Waals surface area contributed by atoms with Crippen molar-refractivity contribution in [2.75, 3.05) is 7.11 Å². The topological polar surface area (TPSA) is 44.6 Å². The van der Waals surface area contributed by atoms with Gasteiger partial charge in [-0.15, -0.1) is 0 Å². The molecule has 0 aliphatic rings. The van der Waals surface area contributed by atoms with Crippen LogP contribution in [0.2, 0.25) is 0 Å². The highest BCUT2D eigenvalue weighted by Gasteiger charge is 2.25. The highest BCUT2D eigenvalue weighted by atomic mass is 32.2. The van der Waals surface area contributed by atoms with Crippen LogP contribution in [-0.2, 0) is 11.4 Å². The van der Waals surface area contributed by atoms with E-state index in [9.17, 15) is 8.94 Å². The summed E-state index contributed by atoms with van der Waals surface area (Å²) >= 11 is -1.34. The van der Waals surface area contributed by atoms with E-state index in [0.717, 1.165) is 0 Å². The Kier molecular flexibility index (Phi) is 4.54. The van der Waals surface area contributed by atoms with Gasteiger partial charge in [0.05, 0.1) is 13.3 Å². The number of hydrogen-bond acceptors (Lipinski definition) is 3. The summed E-state index contributed by atoms with van der Waals surface area (Å²) in [6.45, 7) is 5.49. The monoisotopic (exact) mass is 257 g/mol. The van der Waals surface area contributed by atoms with Gasteiger partial charge in [0.1, 0.15) is 16.1 Å². The fraction of sp³-hybridized carbons (Fsp3) is 0.417. The first-order chi connectivity index (χ1) is 7.84. The lowest BCUT2D eigenvalue weighted by Gasteiger charge is -2.17. The zero-order valence-electron chi connectivity index (χ0n) is 10.4. The van der Waals surface area contributed by atoms with Gasteiger partial charge in [0.25, 0.3) is 0 Å². The van der Waals surface area contributed by atoms with Crippen molar-refractivity contribution in [3.05, 3.63) is 29.6 Å². The number of benzene rings is 1. The van der Waals surface area contributed by atoms with E-state index < -0.39 is 21.9 Å². The molecule has 1 atom stereocenters. The van der Waals surface area contributed by atoms with Crippen LogP contribution in [0, 0.1) is 5.82 Å². The SMILES string of the molecule is COc1ccc(C=N[S@@+]([O-])C(C)(C)C)cc1F. The van der Waals surface area contributed by atoms with Gasteiger partial charge in [-0.1, -0.05) is 4.40 Å². The second-order valence-electron chi connectivity index (χ2n) is 4.49. The molecule has 0 heterocycles. The second-order valence-corrected chi connectivity index (χ2v) is 6.42. The van der Waals surface area contributed by atoms with Crippen molar-refractivity contribution in [2.45, 2.75) is 25.5 Å². The average molecular weight is 257 g/mol. The van der Waals surface area contributed by atoms with E-state index >= 15 is 0 Å². The Bertz CT molecular complexity index is 415. The Labute approximate surface area is 104 Å². The van der Waals surface area contributed by atoms with Crippen LogP contribution in [0.5, 0.6) is 5.75 Å². The highest BCUT2D eigenvalue weighted by molar-refractivity contribution is 7.91. The lowest BCUT2D eigenvalue weighted by atomic mass is 10.2. The van der Waals surface area contributed by atoms with Crippen LogP contribution >= 0.6 is 0 Å². The first-order valence-electron chi connectivity index (χ1n) is 5.14. The van der Waals surface area contributed by atoms with Gasteiger partial charge in [-0.3, -0.25) is 0 Å². The zero-order chi connectivity index (χ0) is 13.1. The van der Waals surface area contributed by atoms with Crippen LogP contribution in [0.1, 0.15) is 26.3 Å². The van der Waals surface area contributed by atoms with Gasteiger partial charge in [0.2, 0.25) is 0 Å². The molecular formula is C12H16FNO2S. The minimum atomic E-state index is -1.34. The van der Waals surface area contributed by atoms with E-state index in [4.69, 9.17) is 4.74 Å². The Hall–Kier alpha value is -1.07. The molecule has 0 aliphatic heterocycles. The van der Waals surface area contributed by atoms with Gasteiger partial charge < -0.3 is 9.29 Å². The average Bonchev–Trinajstić information content (AvgIpc) is 2.24. The minimum Gasteiger partial charge on any atom is -0.591 e. The van der Waals surface area contributed by atoms with Crippen molar-refractivity contribution < 1.29 is 13.7 Å². The summed E-state index contributed by atoms with van der Waals surface area (Å²) in [6.07, 6.45) is 1.41. The number of nitrogens with zero attached hydrogens (tertiary/aromatic N) is 1. The quantitative estimate of drug-likeness (QED) is 0.617. The van der Waals surface area contributed by atoms with Crippen molar-refractivity contribution in [3.63, 3.8) is 0 Å². The lowest BCUT2D eigenvalue weighted by Crippen LogP contribution is -2.25. The molecule has 94 valence electrons. The molecule has 3 nitrogen and oxygen atoms in total. The fourth-order valence-corrected chi connectivity index (χ4v) is 1.56. The Balaban J connectivity index is 2.82. The Morgan fingerprint density at radius 2 is 2.06 bits per heavy atom. The third kappa shape index (κ3) is 4.02. The lowest BCUT2D eigenvalue weighted by molar-refractivity contribution is 0.386. The summed E-state index contributed by atoms with van der Waals surface area (Å²) in [5.74, 6) is -0.280. The summed E-state index contributed by atoms with van der Waals surface area (Å²) < 4.78 is 33.3. The molecule has 0 aromatic heterocycles. The highest BCUT2D eigenvalue weighted by Crippen LogP contribution is 2.19. The maximum Gasteiger partial charge on any atom is 0.165 e. The molecule has 0 saturated heterocycles.